The summed E-state index contributed by atoms with van der Waals surface area (Å²) < 4.78 is 0. The minimum Gasteiger partial charge on any atom is -0.349 e. The van der Waals surface area contributed by atoms with E-state index in [1.807, 2.05) is 37.3 Å². The summed E-state index contributed by atoms with van der Waals surface area (Å²) in [5.41, 5.74) is 9.43. The van der Waals surface area contributed by atoms with Gasteiger partial charge in [-0.05, 0) is 12.5 Å². The summed E-state index contributed by atoms with van der Waals surface area (Å²) in [5.74, 6) is -0.172. The molecular weight excluding hydrogens is 246 g/mol. The van der Waals surface area contributed by atoms with E-state index < -0.39 is 6.04 Å². The van der Waals surface area contributed by atoms with Gasteiger partial charge in [0, 0.05) is 4.88 Å². The Morgan fingerprint density at radius 1 is 1.44 bits per heavy atom. The summed E-state index contributed by atoms with van der Waals surface area (Å²) in [6.45, 7) is 2.41. The van der Waals surface area contributed by atoms with Crippen molar-refractivity contribution < 1.29 is 4.79 Å². The van der Waals surface area contributed by atoms with Crippen molar-refractivity contribution in [2.45, 2.75) is 19.5 Å². The quantitative estimate of drug-likeness (QED) is 0.881. The molecule has 5 heteroatoms. The second-order valence-electron chi connectivity index (χ2n) is 3.97. The van der Waals surface area contributed by atoms with Gasteiger partial charge in [-0.15, -0.1) is 11.3 Å². The molecule has 0 spiro atoms. The average Bonchev–Trinajstić information content (AvgIpc) is 2.81. The van der Waals surface area contributed by atoms with Gasteiger partial charge in [0.15, 0.2) is 0 Å². The van der Waals surface area contributed by atoms with Gasteiger partial charge in [0.2, 0.25) is 5.91 Å². The van der Waals surface area contributed by atoms with Crippen LogP contribution in [0.15, 0.2) is 35.8 Å². The average molecular weight is 261 g/mol. The maximum Gasteiger partial charge on any atom is 0.241 e. The first kappa shape index (κ1) is 12.7. The molecule has 18 heavy (non-hydrogen) atoms. The molecule has 1 aromatic carbocycles. The predicted octanol–water partition coefficient (Wildman–Crippen LogP) is 1.77. The van der Waals surface area contributed by atoms with Gasteiger partial charge in [-0.3, -0.25) is 4.79 Å². The monoisotopic (exact) mass is 261 g/mol. The van der Waals surface area contributed by atoms with Gasteiger partial charge in [-0.25, -0.2) is 4.98 Å². The highest BCUT2D eigenvalue weighted by molar-refractivity contribution is 7.09. The lowest BCUT2D eigenvalue weighted by Crippen LogP contribution is -2.33. The SMILES string of the molecule is Cc1ncsc1CNC(=O)[C@H](N)c1ccccc1. The molecule has 0 saturated heterocycles. The lowest BCUT2D eigenvalue weighted by Gasteiger charge is -2.12. The van der Waals surface area contributed by atoms with Crippen LogP contribution >= 0.6 is 11.3 Å². The van der Waals surface area contributed by atoms with Crippen LogP contribution < -0.4 is 11.1 Å². The van der Waals surface area contributed by atoms with Crippen LogP contribution in [-0.2, 0) is 11.3 Å². The van der Waals surface area contributed by atoms with E-state index in [1.165, 1.54) is 11.3 Å². The molecule has 94 valence electrons. The van der Waals surface area contributed by atoms with Crippen molar-refractivity contribution >= 4 is 17.2 Å². The summed E-state index contributed by atoms with van der Waals surface area (Å²) in [7, 11) is 0. The van der Waals surface area contributed by atoms with E-state index in [4.69, 9.17) is 5.73 Å². The van der Waals surface area contributed by atoms with Crippen molar-refractivity contribution in [1.82, 2.24) is 10.3 Å². The van der Waals surface area contributed by atoms with Crippen LogP contribution in [0.25, 0.3) is 0 Å². The minimum atomic E-state index is -0.626. The topological polar surface area (TPSA) is 68.0 Å². The molecular formula is C13H15N3OS. The lowest BCUT2D eigenvalue weighted by molar-refractivity contribution is -0.122. The number of carbonyl (C=O) groups excluding carboxylic acids is 1. The van der Waals surface area contributed by atoms with Crippen LogP contribution in [-0.4, -0.2) is 10.9 Å². The molecule has 1 heterocycles. The number of thiazole rings is 1. The number of aromatic nitrogens is 1. The fourth-order valence-corrected chi connectivity index (χ4v) is 2.30. The Balaban J connectivity index is 1.95. The Hall–Kier alpha value is -1.72. The van der Waals surface area contributed by atoms with Crippen LogP contribution in [0.3, 0.4) is 0 Å². The highest BCUT2D eigenvalue weighted by Crippen LogP contribution is 2.13. The van der Waals surface area contributed by atoms with Gasteiger partial charge >= 0.3 is 0 Å². The summed E-state index contributed by atoms with van der Waals surface area (Å²) >= 11 is 1.53. The van der Waals surface area contributed by atoms with Crippen LogP contribution in [0, 0.1) is 6.92 Å². The van der Waals surface area contributed by atoms with Crippen LogP contribution in [0.5, 0.6) is 0 Å². The number of benzene rings is 1. The Bertz CT molecular complexity index is 524. The van der Waals surface area contributed by atoms with Crippen LogP contribution in [0.1, 0.15) is 22.2 Å². The largest absolute Gasteiger partial charge is 0.349 e. The zero-order valence-corrected chi connectivity index (χ0v) is 10.9. The number of carbonyl (C=O) groups is 1. The zero-order chi connectivity index (χ0) is 13.0. The second-order valence-corrected chi connectivity index (χ2v) is 4.91. The van der Waals surface area contributed by atoms with E-state index in [0.29, 0.717) is 6.54 Å². The van der Waals surface area contributed by atoms with Crippen molar-refractivity contribution in [2.24, 2.45) is 5.73 Å². The van der Waals surface area contributed by atoms with Crippen LogP contribution in [0.2, 0.25) is 0 Å². The van der Waals surface area contributed by atoms with Crippen molar-refractivity contribution in [2.75, 3.05) is 0 Å². The smallest absolute Gasteiger partial charge is 0.241 e. The lowest BCUT2D eigenvalue weighted by atomic mass is 10.1. The Morgan fingerprint density at radius 2 is 2.17 bits per heavy atom. The van der Waals surface area contributed by atoms with Crippen molar-refractivity contribution in [3.63, 3.8) is 0 Å². The van der Waals surface area contributed by atoms with Gasteiger partial charge in [-0.2, -0.15) is 0 Å². The van der Waals surface area contributed by atoms with E-state index in [-0.39, 0.29) is 5.91 Å². The molecule has 0 aliphatic carbocycles. The van der Waals surface area contributed by atoms with E-state index in [2.05, 4.69) is 10.3 Å². The summed E-state index contributed by atoms with van der Waals surface area (Å²) in [6, 6.07) is 8.71. The summed E-state index contributed by atoms with van der Waals surface area (Å²) in [4.78, 5) is 17.1. The van der Waals surface area contributed by atoms with Gasteiger partial charge in [0.25, 0.3) is 0 Å². The Kier molecular flexibility index (Phi) is 4.07. The maximum absolute atomic E-state index is 11.9. The van der Waals surface area contributed by atoms with E-state index in [0.717, 1.165) is 16.1 Å². The Labute approximate surface area is 110 Å². The molecule has 0 unspecified atom stereocenters. The summed E-state index contributed by atoms with van der Waals surface area (Å²) in [6.07, 6.45) is 0. The third kappa shape index (κ3) is 2.94. The number of amides is 1. The molecule has 0 radical (unpaired) electrons. The highest BCUT2D eigenvalue weighted by Gasteiger charge is 2.15. The molecule has 1 amide bonds. The highest BCUT2D eigenvalue weighted by atomic mass is 32.1. The Morgan fingerprint density at radius 3 is 2.78 bits per heavy atom. The maximum atomic E-state index is 11.9. The molecule has 3 N–H and O–H groups in total. The first-order valence-corrected chi connectivity index (χ1v) is 6.53. The van der Waals surface area contributed by atoms with Crippen molar-refractivity contribution in [3.8, 4) is 0 Å². The molecule has 4 nitrogen and oxygen atoms in total. The number of hydrogen-bond donors (Lipinski definition) is 2. The third-order valence-electron chi connectivity index (χ3n) is 2.71. The van der Waals surface area contributed by atoms with Gasteiger partial charge in [0.1, 0.15) is 6.04 Å². The predicted molar refractivity (Wildman–Crippen MR) is 72.1 cm³/mol. The molecule has 0 aliphatic heterocycles. The number of nitrogens with two attached hydrogens (primary N) is 1. The fourth-order valence-electron chi connectivity index (χ4n) is 1.58. The van der Waals surface area contributed by atoms with Crippen molar-refractivity contribution in [1.29, 1.82) is 0 Å². The van der Waals surface area contributed by atoms with Gasteiger partial charge in [0.05, 0.1) is 17.7 Å². The molecule has 2 aromatic rings. The molecule has 2 rings (SSSR count). The fraction of sp³-hybridized carbons (Fsp3) is 0.231. The molecule has 1 atom stereocenters. The minimum absolute atomic E-state index is 0.172. The normalized spacial score (nSPS) is 12.1. The summed E-state index contributed by atoms with van der Waals surface area (Å²) in [5, 5.41) is 2.83. The number of hydrogen-bond acceptors (Lipinski definition) is 4. The molecule has 0 saturated carbocycles. The zero-order valence-electron chi connectivity index (χ0n) is 10.1. The second kappa shape index (κ2) is 5.75. The first-order valence-electron chi connectivity index (χ1n) is 5.65. The van der Waals surface area contributed by atoms with E-state index in [9.17, 15) is 4.79 Å². The molecule has 0 fully saturated rings. The first-order chi connectivity index (χ1) is 8.68. The number of aryl methyl sites for hydroxylation is 1. The number of nitrogens with one attached hydrogen (secondary N) is 1. The van der Waals surface area contributed by atoms with Crippen molar-refractivity contribution in [3.05, 3.63) is 52.0 Å². The standard InChI is InChI=1S/C13H15N3OS/c1-9-11(18-8-16-9)7-15-13(17)12(14)10-5-3-2-4-6-10/h2-6,8,12H,7,14H2,1H3,(H,15,17)/t12-/m1/s1. The number of nitrogens with zero attached hydrogens (tertiary/aromatic N) is 1. The number of rotatable bonds is 4. The van der Waals surface area contributed by atoms with Gasteiger partial charge < -0.3 is 11.1 Å². The molecule has 1 aromatic heterocycles. The van der Waals surface area contributed by atoms with Gasteiger partial charge in [-0.1, -0.05) is 30.3 Å². The van der Waals surface area contributed by atoms with E-state index in [1.54, 1.807) is 5.51 Å². The van der Waals surface area contributed by atoms with E-state index >= 15 is 0 Å². The molecule has 0 bridgehead atoms. The molecule has 0 aliphatic rings. The van der Waals surface area contributed by atoms with Crippen LogP contribution in [0.4, 0.5) is 0 Å². The third-order valence-corrected chi connectivity index (χ3v) is 3.64.